The van der Waals surface area contributed by atoms with Gasteiger partial charge in [-0.2, -0.15) is 13.2 Å². The zero-order chi connectivity index (χ0) is 23.5. The van der Waals surface area contributed by atoms with Gasteiger partial charge in [0.1, 0.15) is 0 Å². The van der Waals surface area contributed by atoms with Crippen LogP contribution in [0.3, 0.4) is 0 Å². The Morgan fingerprint density at radius 3 is 1.84 bits per heavy atom. The van der Waals surface area contributed by atoms with E-state index < -0.39 is 33.4 Å². The maximum atomic E-state index is 12.8. The van der Waals surface area contributed by atoms with Crippen molar-refractivity contribution in [1.29, 1.82) is 0 Å². The van der Waals surface area contributed by atoms with E-state index >= 15 is 0 Å². The third-order valence-electron chi connectivity index (χ3n) is 4.38. The van der Waals surface area contributed by atoms with Gasteiger partial charge in [-0.15, -0.1) is 0 Å². The topological polar surface area (TPSA) is 92.3 Å². The van der Waals surface area contributed by atoms with Crippen LogP contribution in [-0.4, -0.2) is 26.5 Å². The predicted octanol–water partition coefficient (Wildman–Crippen LogP) is 4.61. The Hall–Kier alpha value is -3.66. The van der Waals surface area contributed by atoms with Crippen molar-refractivity contribution >= 4 is 33.0 Å². The maximum Gasteiger partial charge on any atom is 0.416 e. The number of benzene rings is 3. The number of hydrogen-bond donors (Lipinski definition) is 2. The lowest BCUT2D eigenvalue weighted by Gasteiger charge is -2.11. The van der Waals surface area contributed by atoms with Crippen LogP contribution in [0.5, 0.6) is 0 Å². The highest BCUT2D eigenvalue weighted by molar-refractivity contribution is 7.90. The first-order valence-corrected chi connectivity index (χ1v) is 11.0. The highest BCUT2D eigenvalue weighted by Crippen LogP contribution is 2.30. The number of carbonyl (C=O) groups is 2. The number of amides is 2. The van der Waals surface area contributed by atoms with E-state index in [0.717, 1.165) is 18.4 Å². The van der Waals surface area contributed by atoms with Gasteiger partial charge >= 0.3 is 6.18 Å². The number of anilines is 2. The van der Waals surface area contributed by atoms with Gasteiger partial charge in [-0.25, -0.2) is 8.42 Å². The molecule has 0 heterocycles. The summed E-state index contributed by atoms with van der Waals surface area (Å²) in [6.07, 6.45) is -3.48. The van der Waals surface area contributed by atoms with Gasteiger partial charge in [0.15, 0.2) is 9.84 Å². The zero-order valence-corrected chi connectivity index (χ0v) is 17.4. The molecule has 0 saturated heterocycles. The van der Waals surface area contributed by atoms with Crippen LogP contribution in [0.15, 0.2) is 77.7 Å². The van der Waals surface area contributed by atoms with E-state index in [-0.39, 0.29) is 27.4 Å². The lowest BCUT2D eigenvalue weighted by Crippen LogP contribution is -2.15. The minimum atomic E-state index is -4.54. The van der Waals surface area contributed by atoms with E-state index in [9.17, 15) is 31.2 Å². The standard InChI is InChI=1S/C22H17F3N2O4S/c1-32(30,31)19-10-8-14(9-11-19)20(28)26-17-6-2-4-15(12-17)21(29)27-18-7-3-5-16(13-18)22(23,24)25/h2-13H,1H3,(H,26,28)(H,27,29). The van der Waals surface area contributed by atoms with Crippen molar-refractivity contribution in [2.75, 3.05) is 16.9 Å². The molecule has 6 nitrogen and oxygen atoms in total. The number of hydrogen-bond acceptors (Lipinski definition) is 4. The number of alkyl halides is 3. The van der Waals surface area contributed by atoms with E-state index in [1.165, 1.54) is 60.7 Å². The van der Waals surface area contributed by atoms with Gasteiger partial charge in [-0.1, -0.05) is 12.1 Å². The van der Waals surface area contributed by atoms with Crippen LogP contribution in [0, 0.1) is 0 Å². The molecule has 10 heteroatoms. The van der Waals surface area contributed by atoms with Crippen LogP contribution in [-0.2, 0) is 16.0 Å². The molecule has 0 radical (unpaired) electrons. The Morgan fingerprint density at radius 1 is 0.750 bits per heavy atom. The van der Waals surface area contributed by atoms with Gasteiger partial charge in [-0.05, 0) is 60.7 Å². The van der Waals surface area contributed by atoms with E-state index in [1.807, 2.05) is 0 Å². The molecule has 0 atom stereocenters. The molecule has 3 aromatic rings. The molecule has 3 rings (SSSR count). The normalized spacial score (nSPS) is 11.6. The molecule has 0 bridgehead atoms. The molecule has 0 aliphatic carbocycles. The van der Waals surface area contributed by atoms with Gasteiger partial charge in [-0.3, -0.25) is 9.59 Å². The number of nitrogens with one attached hydrogen (secondary N) is 2. The first kappa shape index (κ1) is 23.0. The summed E-state index contributed by atoms with van der Waals surface area (Å²) < 4.78 is 61.5. The lowest BCUT2D eigenvalue weighted by molar-refractivity contribution is -0.137. The van der Waals surface area contributed by atoms with Crippen molar-refractivity contribution in [3.63, 3.8) is 0 Å². The van der Waals surface area contributed by atoms with Crippen molar-refractivity contribution in [2.45, 2.75) is 11.1 Å². The van der Waals surface area contributed by atoms with Crippen LogP contribution in [0.25, 0.3) is 0 Å². The van der Waals surface area contributed by atoms with E-state index in [0.29, 0.717) is 0 Å². The zero-order valence-electron chi connectivity index (χ0n) is 16.6. The van der Waals surface area contributed by atoms with Crippen molar-refractivity contribution in [1.82, 2.24) is 0 Å². The van der Waals surface area contributed by atoms with Gasteiger partial charge in [0.05, 0.1) is 10.5 Å². The van der Waals surface area contributed by atoms with Crippen molar-refractivity contribution in [3.8, 4) is 0 Å². The van der Waals surface area contributed by atoms with Crippen LogP contribution in [0.2, 0.25) is 0 Å². The van der Waals surface area contributed by atoms with Gasteiger partial charge in [0.2, 0.25) is 0 Å². The molecular formula is C22H17F3N2O4S. The maximum absolute atomic E-state index is 12.8. The summed E-state index contributed by atoms with van der Waals surface area (Å²) in [6.45, 7) is 0. The summed E-state index contributed by atoms with van der Waals surface area (Å²) in [5, 5.41) is 4.98. The Bertz CT molecular complexity index is 1270. The molecule has 32 heavy (non-hydrogen) atoms. The second kappa shape index (κ2) is 8.83. The number of sulfone groups is 1. The Labute approximate surface area is 182 Å². The average molecular weight is 462 g/mol. The second-order valence-electron chi connectivity index (χ2n) is 6.86. The monoisotopic (exact) mass is 462 g/mol. The molecular weight excluding hydrogens is 445 g/mol. The van der Waals surface area contributed by atoms with Gasteiger partial charge in [0, 0.05) is 28.8 Å². The molecule has 166 valence electrons. The Balaban J connectivity index is 1.72. The smallest absolute Gasteiger partial charge is 0.322 e. The van der Waals surface area contributed by atoms with E-state index in [4.69, 9.17) is 0 Å². The minimum absolute atomic E-state index is 0.0229. The number of rotatable bonds is 5. The summed E-state index contributed by atoms with van der Waals surface area (Å²) in [4.78, 5) is 24.9. The molecule has 0 aliphatic heterocycles. The summed E-state index contributed by atoms with van der Waals surface area (Å²) in [5.74, 6) is -1.18. The van der Waals surface area contributed by atoms with Gasteiger partial charge < -0.3 is 10.6 Å². The SMILES string of the molecule is CS(=O)(=O)c1ccc(C(=O)Nc2cccc(C(=O)Nc3cccc(C(F)(F)F)c3)c2)cc1. The molecule has 3 aromatic carbocycles. The number of halogens is 3. The largest absolute Gasteiger partial charge is 0.416 e. The molecule has 0 saturated carbocycles. The lowest BCUT2D eigenvalue weighted by atomic mass is 10.1. The molecule has 2 amide bonds. The van der Waals surface area contributed by atoms with Gasteiger partial charge in [0.25, 0.3) is 11.8 Å². The molecule has 0 aliphatic rings. The first-order chi connectivity index (χ1) is 14.9. The molecule has 0 fully saturated rings. The summed E-state index contributed by atoms with van der Waals surface area (Å²) in [5.41, 5.74) is -0.314. The first-order valence-electron chi connectivity index (χ1n) is 9.14. The van der Waals surface area contributed by atoms with Crippen molar-refractivity contribution in [3.05, 3.63) is 89.5 Å². The minimum Gasteiger partial charge on any atom is -0.322 e. The number of carbonyl (C=O) groups excluding carboxylic acids is 2. The molecule has 0 unspecified atom stereocenters. The van der Waals surface area contributed by atoms with Crippen LogP contribution < -0.4 is 10.6 Å². The summed E-state index contributed by atoms with van der Waals surface area (Å²) >= 11 is 0. The quantitative estimate of drug-likeness (QED) is 0.579. The fourth-order valence-corrected chi connectivity index (χ4v) is 3.40. The fourth-order valence-electron chi connectivity index (χ4n) is 2.77. The third kappa shape index (κ3) is 5.73. The van der Waals surface area contributed by atoms with E-state index in [2.05, 4.69) is 10.6 Å². The predicted molar refractivity (Wildman–Crippen MR) is 113 cm³/mol. The summed E-state index contributed by atoms with van der Waals surface area (Å²) in [6, 6.07) is 15.4. The highest BCUT2D eigenvalue weighted by Gasteiger charge is 2.30. The van der Waals surface area contributed by atoms with Crippen LogP contribution in [0.4, 0.5) is 24.5 Å². The van der Waals surface area contributed by atoms with Crippen LogP contribution >= 0.6 is 0 Å². The molecule has 0 aromatic heterocycles. The van der Waals surface area contributed by atoms with E-state index in [1.54, 1.807) is 0 Å². The third-order valence-corrected chi connectivity index (χ3v) is 5.50. The molecule has 2 N–H and O–H groups in total. The fraction of sp³-hybridized carbons (Fsp3) is 0.0909. The summed E-state index contributed by atoms with van der Waals surface area (Å²) in [7, 11) is -3.39. The highest BCUT2D eigenvalue weighted by atomic mass is 32.2. The van der Waals surface area contributed by atoms with Crippen LogP contribution in [0.1, 0.15) is 26.3 Å². The Kier molecular flexibility index (Phi) is 6.35. The van der Waals surface area contributed by atoms with Crippen molar-refractivity contribution in [2.24, 2.45) is 0 Å². The Morgan fingerprint density at radius 2 is 1.28 bits per heavy atom. The average Bonchev–Trinajstić information content (AvgIpc) is 2.73. The molecule has 0 spiro atoms. The second-order valence-corrected chi connectivity index (χ2v) is 8.88. The van der Waals surface area contributed by atoms with Crippen molar-refractivity contribution < 1.29 is 31.2 Å².